The van der Waals surface area contributed by atoms with Crippen LogP contribution in [-0.2, 0) is 12.7 Å². The summed E-state index contributed by atoms with van der Waals surface area (Å²) < 4.78 is 40.9. The maximum atomic E-state index is 13.1. The maximum absolute atomic E-state index is 13.1. The number of alkyl halides is 3. The van der Waals surface area contributed by atoms with Gasteiger partial charge in [-0.25, -0.2) is 0 Å². The third-order valence-electron chi connectivity index (χ3n) is 3.50. The van der Waals surface area contributed by atoms with Gasteiger partial charge >= 0.3 is 6.18 Å². The topological polar surface area (TPSA) is 34.9 Å². The van der Waals surface area contributed by atoms with E-state index in [4.69, 9.17) is 11.6 Å². The van der Waals surface area contributed by atoms with Crippen LogP contribution < -0.4 is 0 Å². The second-order valence-electron chi connectivity index (χ2n) is 5.04. The Morgan fingerprint density at radius 2 is 1.96 bits per heavy atom. The fourth-order valence-electron chi connectivity index (χ4n) is 2.42. The Bertz CT molecular complexity index is 887. The molecule has 0 atom stereocenters. The SMILES string of the molecule is O=Cc1ccc2c(cnn2Cc2ccc(Cl)cc2C(F)(F)F)c1. The number of hydrogen-bond acceptors (Lipinski definition) is 2. The van der Waals surface area contributed by atoms with Gasteiger partial charge in [-0.1, -0.05) is 17.7 Å². The van der Waals surface area contributed by atoms with E-state index in [2.05, 4.69) is 5.10 Å². The minimum absolute atomic E-state index is 0.0297. The molecule has 0 saturated carbocycles. The predicted octanol–water partition coefficient (Wildman–Crippen LogP) is 4.57. The van der Waals surface area contributed by atoms with Gasteiger partial charge in [0, 0.05) is 16.0 Å². The smallest absolute Gasteiger partial charge is 0.298 e. The van der Waals surface area contributed by atoms with Crippen molar-refractivity contribution in [1.82, 2.24) is 9.78 Å². The Morgan fingerprint density at radius 3 is 2.65 bits per heavy atom. The highest BCUT2D eigenvalue weighted by Crippen LogP contribution is 2.34. The van der Waals surface area contributed by atoms with Crippen molar-refractivity contribution in [3.63, 3.8) is 0 Å². The molecular formula is C16H10ClF3N2O. The highest BCUT2D eigenvalue weighted by atomic mass is 35.5. The summed E-state index contributed by atoms with van der Waals surface area (Å²) in [5.74, 6) is 0. The second-order valence-corrected chi connectivity index (χ2v) is 5.47. The first-order valence-electron chi connectivity index (χ1n) is 6.65. The lowest BCUT2D eigenvalue weighted by Crippen LogP contribution is -2.12. The Labute approximate surface area is 134 Å². The normalized spacial score (nSPS) is 11.8. The molecule has 7 heteroatoms. The number of carbonyl (C=O) groups excluding carboxylic acids is 1. The van der Waals surface area contributed by atoms with Gasteiger partial charge < -0.3 is 0 Å². The number of halogens is 4. The van der Waals surface area contributed by atoms with Crippen LogP contribution in [0.3, 0.4) is 0 Å². The molecular weight excluding hydrogens is 329 g/mol. The molecule has 3 aromatic rings. The Hall–Kier alpha value is -2.34. The van der Waals surface area contributed by atoms with E-state index in [1.54, 1.807) is 18.2 Å². The lowest BCUT2D eigenvalue weighted by Gasteiger charge is -2.13. The largest absolute Gasteiger partial charge is 0.416 e. The highest BCUT2D eigenvalue weighted by Gasteiger charge is 2.33. The first-order valence-corrected chi connectivity index (χ1v) is 7.02. The van der Waals surface area contributed by atoms with Crippen LogP contribution >= 0.6 is 11.6 Å². The zero-order chi connectivity index (χ0) is 16.6. The summed E-state index contributed by atoms with van der Waals surface area (Å²) in [4.78, 5) is 10.8. The Kier molecular flexibility index (Phi) is 3.85. The molecule has 2 aromatic carbocycles. The first kappa shape index (κ1) is 15.6. The molecule has 3 nitrogen and oxygen atoms in total. The molecule has 0 aliphatic carbocycles. The lowest BCUT2D eigenvalue weighted by molar-refractivity contribution is -0.138. The third kappa shape index (κ3) is 3.07. The van der Waals surface area contributed by atoms with Crippen LogP contribution in [-0.4, -0.2) is 16.1 Å². The van der Waals surface area contributed by atoms with Gasteiger partial charge in [-0.05, 0) is 35.9 Å². The predicted molar refractivity (Wildman–Crippen MR) is 80.7 cm³/mol. The third-order valence-corrected chi connectivity index (χ3v) is 3.73. The van der Waals surface area contributed by atoms with Gasteiger partial charge in [-0.3, -0.25) is 9.48 Å². The van der Waals surface area contributed by atoms with Crippen molar-refractivity contribution in [3.8, 4) is 0 Å². The summed E-state index contributed by atoms with van der Waals surface area (Å²) in [7, 11) is 0. The standard InChI is InChI=1S/C16H10ClF3N2O/c17-13-3-2-11(14(6-13)16(18,19)20)8-22-15-4-1-10(9-23)5-12(15)7-21-22/h1-7,9H,8H2. The minimum atomic E-state index is -4.49. The molecule has 0 N–H and O–H groups in total. The molecule has 0 unspecified atom stereocenters. The fourth-order valence-corrected chi connectivity index (χ4v) is 2.59. The number of fused-ring (bicyclic) bond motifs is 1. The zero-order valence-electron chi connectivity index (χ0n) is 11.6. The van der Waals surface area contributed by atoms with Gasteiger partial charge in [0.05, 0.1) is 23.8 Å². The van der Waals surface area contributed by atoms with Crippen LogP contribution in [0.5, 0.6) is 0 Å². The molecule has 0 saturated heterocycles. The number of rotatable bonds is 3. The van der Waals surface area contributed by atoms with Crippen molar-refractivity contribution in [3.05, 3.63) is 64.3 Å². The summed E-state index contributed by atoms with van der Waals surface area (Å²) >= 11 is 5.68. The van der Waals surface area contributed by atoms with Crippen LogP contribution in [0.25, 0.3) is 10.9 Å². The molecule has 23 heavy (non-hydrogen) atoms. The van der Waals surface area contributed by atoms with Crippen molar-refractivity contribution >= 4 is 28.8 Å². The lowest BCUT2D eigenvalue weighted by atomic mass is 10.1. The molecule has 118 valence electrons. The van der Waals surface area contributed by atoms with Crippen LogP contribution in [0.2, 0.25) is 5.02 Å². The molecule has 1 heterocycles. The number of hydrogen-bond donors (Lipinski definition) is 0. The van der Waals surface area contributed by atoms with E-state index in [1.807, 2.05) is 0 Å². The second kappa shape index (κ2) is 5.70. The highest BCUT2D eigenvalue weighted by molar-refractivity contribution is 6.30. The summed E-state index contributed by atoms with van der Waals surface area (Å²) in [6, 6.07) is 8.57. The minimum Gasteiger partial charge on any atom is -0.298 e. The molecule has 0 spiro atoms. The first-order chi connectivity index (χ1) is 10.9. The zero-order valence-corrected chi connectivity index (χ0v) is 12.4. The van der Waals surface area contributed by atoms with Gasteiger partial charge in [0.15, 0.2) is 0 Å². The fraction of sp³-hybridized carbons (Fsp3) is 0.125. The van der Waals surface area contributed by atoms with Crippen molar-refractivity contribution in [1.29, 1.82) is 0 Å². The molecule has 0 radical (unpaired) electrons. The maximum Gasteiger partial charge on any atom is 0.416 e. The van der Waals surface area contributed by atoms with E-state index in [9.17, 15) is 18.0 Å². The van der Waals surface area contributed by atoms with Gasteiger partial charge in [-0.2, -0.15) is 18.3 Å². The van der Waals surface area contributed by atoms with E-state index in [-0.39, 0.29) is 17.1 Å². The van der Waals surface area contributed by atoms with Crippen molar-refractivity contribution in [2.75, 3.05) is 0 Å². The van der Waals surface area contributed by atoms with E-state index >= 15 is 0 Å². The monoisotopic (exact) mass is 338 g/mol. The van der Waals surface area contributed by atoms with Crippen molar-refractivity contribution in [2.45, 2.75) is 12.7 Å². The Balaban J connectivity index is 2.04. The average Bonchev–Trinajstić information content (AvgIpc) is 2.90. The van der Waals surface area contributed by atoms with Crippen LogP contribution in [0, 0.1) is 0 Å². The van der Waals surface area contributed by atoms with E-state index in [0.717, 1.165) is 6.07 Å². The number of nitrogens with zero attached hydrogens (tertiary/aromatic N) is 2. The summed E-state index contributed by atoms with van der Waals surface area (Å²) in [5, 5.41) is 4.83. The molecule has 0 fully saturated rings. The molecule has 0 amide bonds. The molecule has 0 aliphatic rings. The summed E-state index contributed by atoms with van der Waals surface area (Å²) in [6.07, 6.45) is -2.27. The number of benzene rings is 2. The van der Waals surface area contributed by atoms with Gasteiger partial charge in [-0.15, -0.1) is 0 Å². The summed E-state index contributed by atoms with van der Waals surface area (Å²) in [5.41, 5.74) is 0.433. The van der Waals surface area contributed by atoms with E-state index in [0.29, 0.717) is 22.8 Å². The Morgan fingerprint density at radius 1 is 1.17 bits per heavy atom. The van der Waals surface area contributed by atoms with Gasteiger partial charge in [0.1, 0.15) is 6.29 Å². The number of aromatic nitrogens is 2. The van der Waals surface area contributed by atoms with E-state index < -0.39 is 11.7 Å². The summed E-state index contributed by atoms with van der Waals surface area (Å²) in [6.45, 7) is -0.0457. The number of carbonyl (C=O) groups is 1. The molecule has 1 aromatic heterocycles. The van der Waals surface area contributed by atoms with E-state index in [1.165, 1.54) is 23.0 Å². The van der Waals surface area contributed by atoms with Gasteiger partial charge in [0.25, 0.3) is 0 Å². The quantitative estimate of drug-likeness (QED) is 0.656. The van der Waals surface area contributed by atoms with Crippen LogP contribution in [0.15, 0.2) is 42.6 Å². The van der Waals surface area contributed by atoms with Crippen LogP contribution in [0.1, 0.15) is 21.5 Å². The van der Waals surface area contributed by atoms with Gasteiger partial charge in [0.2, 0.25) is 0 Å². The van der Waals surface area contributed by atoms with Crippen molar-refractivity contribution < 1.29 is 18.0 Å². The molecule has 0 bridgehead atoms. The molecule has 3 rings (SSSR count). The number of aldehydes is 1. The molecule has 0 aliphatic heterocycles. The van der Waals surface area contributed by atoms with Crippen molar-refractivity contribution in [2.24, 2.45) is 0 Å². The van der Waals surface area contributed by atoms with Crippen LogP contribution in [0.4, 0.5) is 13.2 Å². The average molecular weight is 339 g/mol.